The average Bonchev–Trinajstić information content (AvgIpc) is 3.11. The van der Waals surface area contributed by atoms with Gasteiger partial charge in [0.2, 0.25) is 11.8 Å². The number of amides is 1. The molecule has 2 heterocycles. The molecule has 1 aromatic heterocycles. The molecule has 0 saturated carbocycles. The van der Waals surface area contributed by atoms with Gasteiger partial charge in [0, 0.05) is 18.0 Å². The largest absolute Gasteiger partial charge is 0.460 e. The maximum atomic E-state index is 12.6. The fourth-order valence-corrected chi connectivity index (χ4v) is 2.91. The number of ether oxygens (including phenoxy) is 1. The first-order chi connectivity index (χ1) is 12.0. The van der Waals surface area contributed by atoms with Gasteiger partial charge >= 0.3 is 5.97 Å². The second-order valence-electron chi connectivity index (χ2n) is 8.85. The number of hydrogen-bond donors (Lipinski definition) is 1. The summed E-state index contributed by atoms with van der Waals surface area (Å²) >= 11 is 0. The van der Waals surface area contributed by atoms with Crippen LogP contribution in [0.3, 0.4) is 0 Å². The Morgan fingerprint density at radius 2 is 2.00 bits per heavy atom. The van der Waals surface area contributed by atoms with Crippen LogP contribution in [0.15, 0.2) is 10.6 Å². The van der Waals surface area contributed by atoms with E-state index in [1.54, 1.807) is 6.07 Å². The van der Waals surface area contributed by atoms with E-state index in [0.29, 0.717) is 12.4 Å². The summed E-state index contributed by atoms with van der Waals surface area (Å²) in [4.78, 5) is 26.5. The Balaban J connectivity index is 1.89. The normalized spacial score (nSPS) is 18.8. The summed E-state index contributed by atoms with van der Waals surface area (Å²) in [5.74, 6) is -0.00386. The number of carbonyl (C=O) groups is 2. The fourth-order valence-electron chi connectivity index (χ4n) is 2.91. The van der Waals surface area contributed by atoms with Crippen molar-refractivity contribution in [3.63, 3.8) is 0 Å². The van der Waals surface area contributed by atoms with Crippen molar-refractivity contribution in [2.75, 3.05) is 18.4 Å². The smallest absolute Gasteiger partial charge is 0.307 e. The molecule has 26 heavy (non-hydrogen) atoms. The van der Waals surface area contributed by atoms with Crippen molar-refractivity contribution in [3.05, 3.63) is 11.8 Å². The van der Waals surface area contributed by atoms with E-state index in [4.69, 9.17) is 9.26 Å². The lowest BCUT2D eigenvalue weighted by Crippen LogP contribution is -2.41. The van der Waals surface area contributed by atoms with Crippen LogP contribution < -0.4 is 5.32 Å². The summed E-state index contributed by atoms with van der Waals surface area (Å²) < 4.78 is 10.6. The van der Waals surface area contributed by atoms with E-state index in [2.05, 4.69) is 10.5 Å². The molecule has 1 aliphatic rings. The summed E-state index contributed by atoms with van der Waals surface area (Å²) in [7, 11) is 0. The summed E-state index contributed by atoms with van der Waals surface area (Å²) in [6.07, 6.45) is 1.97. The van der Waals surface area contributed by atoms with Gasteiger partial charge < -0.3 is 9.26 Å². The lowest BCUT2D eigenvalue weighted by molar-refractivity contribution is -0.155. The SMILES string of the molecule is CC(C)(C)OC(=O)CCN1CCC[C@H]1C(=O)Nc1cc(C(C)(C)C)no1. The summed E-state index contributed by atoms with van der Waals surface area (Å²) in [5.41, 5.74) is 0.163. The minimum absolute atomic E-state index is 0.122. The van der Waals surface area contributed by atoms with E-state index in [-0.39, 0.29) is 29.8 Å². The highest BCUT2D eigenvalue weighted by molar-refractivity contribution is 5.94. The maximum absolute atomic E-state index is 12.6. The highest BCUT2D eigenvalue weighted by Crippen LogP contribution is 2.25. The Morgan fingerprint density at radius 1 is 1.31 bits per heavy atom. The monoisotopic (exact) mass is 365 g/mol. The van der Waals surface area contributed by atoms with Gasteiger partial charge in [-0.15, -0.1) is 0 Å². The van der Waals surface area contributed by atoms with Crippen LogP contribution in [0, 0.1) is 0 Å². The average molecular weight is 365 g/mol. The number of aromatic nitrogens is 1. The maximum Gasteiger partial charge on any atom is 0.307 e. The van der Waals surface area contributed by atoms with Crippen LogP contribution in [0.1, 0.15) is 66.5 Å². The Morgan fingerprint density at radius 3 is 2.58 bits per heavy atom. The minimum atomic E-state index is -0.490. The number of nitrogens with zero attached hydrogens (tertiary/aromatic N) is 2. The van der Waals surface area contributed by atoms with E-state index >= 15 is 0 Å². The van der Waals surface area contributed by atoms with Gasteiger partial charge in [-0.1, -0.05) is 25.9 Å². The lowest BCUT2D eigenvalue weighted by Gasteiger charge is -2.24. The third kappa shape index (κ3) is 5.83. The van der Waals surface area contributed by atoms with Gasteiger partial charge in [0.05, 0.1) is 18.2 Å². The molecule has 7 heteroatoms. The number of anilines is 1. The summed E-state index contributed by atoms with van der Waals surface area (Å²) in [6, 6.07) is 1.50. The number of nitrogens with one attached hydrogen (secondary N) is 1. The summed E-state index contributed by atoms with van der Waals surface area (Å²) in [5, 5.41) is 6.82. The first-order valence-corrected chi connectivity index (χ1v) is 9.20. The van der Waals surface area contributed by atoms with Crippen LogP contribution in [0.5, 0.6) is 0 Å². The van der Waals surface area contributed by atoms with Crippen molar-refractivity contribution in [3.8, 4) is 0 Å². The van der Waals surface area contributed by atoms with E-state index in [0.717, 1.165) is 25.1 Å². The molecule has 1 aromatic rings. The fraction of sp³-hybridized carbons (Fsp3) is 0.737. The highest BCUT2D eigenvalue weighted by atomic mass is 16.6. The zero-order valence-corrected chi connectivity index (χ0v) is 16.7. The number of carbonyl (C=O) groups excluding carboxylic acids is 2. The zero-order chi connectivity index (χ0) is 19.5. The van der Waals surface area contributed by atoms with Crippen molar-refractivity contribution in [2.24, 2.45) is 0 Å². The van der Waals surface area contributed by atoms with Crippen LogP contribution in [0.25, 0.3) is 0 Å². The molecule has 0 unspecified atom stereocenters. The highest BCUT2D eigenvalue weighted by Gasteiger charge is 2.32. The standard InChI is InChI=1S/C19H31N3O4/c1-18(2,3)14-12-15(26-21-14)20-17(24)13-8-7-10-22(13)11-9-16(23)25-19(4,5)6/h12-13H,7-11H2,1-6H3,(H,20,24)/t13-/m0/s1. The van der Waals surface area contributed by atoms with Crippen molar-refractivity contribution in [1.29, 1.82) is 0 Å². The van der Waals surface area contributed by atoms with E-state index in [1.165, 1.54) is 0 Å². The van der Waals surface area contributed by atoms with Crippen LogP contribution in [0.2, 0.25) is 0 Å². The second kappa shape index (κ2) is 7.78. The molecule has 0 bridgehead atoms. The third-order valence-corrected chi connectivity index (χ3v) is 4.21. The number of hydrogen-bond acceptors (Lipinski definition) is 6. The van der Waals surface area contributed by atoms with Crippen LogP contribution >= 0.6 is 0 Å². The Hall–Kier alpha value is -1.89. The molecular formula is C19H31N3O4. The molecule has 1 aliphatic heterocycles. The molecule has 0 radical (unpaired) electrons. The molecule has 0 aromatic carbocycles. The summed E-state index contributed by atoms with van der Waals surface area (Å²) in [6.45, 7) is 12.9. The quantitative estimate of drug-likeness (QED) is 0.807. The molecule has 7 nitrogen and oxygen atoms in total. The third-order valence-electron chi connectivity index (χ3n) is 4.21. The van der Waals surface area contributed by atoms with Crippen molar-refractivity contribution in [2.45, 2.75) is 77.9 Å². The Labute approximate surface area is 155 Å². The van der Waals surface area contributed by atoms with Gasteiger partial charge in [-0.25, -0.2) is 0 Å². The molecule has 1 N–H and O–H groups in total. The number of esters is 1. The van der Waals surface area contributed by atoms with Crippen LogP contribution in [-0.4, -0.2) is 46.7 Å². The number of likely N-dealkylation sites (tertiary alicyclic amines) is 1. The lowest BCUT2D eigenvalue weighted by atomic mass is 9.92. The van der Waals surface area contributed by atoms with Gasteiger partial charge in [-0.2, -0.15) is 0 Å². The van der Waals surface area contributed by atoms with E-state index in [9.17, 15) is 9.59 Å². The van der Waals surface area contributed by atoms with E-state index in [1.807, 2.05) is 46.4 Å². The predicted molar refractivity (Wildman–Crippen MR) is 98.9 cm³/mol. The second-order valence-corrected chi connectivity index (χ2v) is 8.85. The van der Waals surface area contributed by atoms with Gasteiger partial charge in [-0.3, -0.25) is 19.8 Å². The molecule has 1 fully saturated rings. The Bertz CT molecular complexity index is 640. The van der Waals surface area contributed by atoms with E-state index < -0.39 is 5.60 Å². The zero-order valence-electron chi connectivity index (χ0n) is 16.7. The minimum Gasteiger partial charge on any atom is -0.460 e. The van der Waals surface area contributed by atoms with Gasteiger partial charge in [-0.05, 0) is 40.2 Å². The Kier molecular flexibility index (Phi) is 6.11. The first kappa shape index (κ1) is 20.4. The molecule has 2 rings (SSSR count). The predicted octanol–water partition coefficient (Wildman–Crippen LogP) is 3.11. The molecule has 146 valence electrons. The van der Waals surface area contributed by atoms with Crippen molar-refractivity contribution >= 4 is 17.8 Å². The topological polar surface area (TPSA) is 84.7 Å². The molecule has 1 amide bonds. The molecule has 1 saturated heterocycles. The van der Waals surface area contributed by atoms with Gasteiger partial charge in [0.25, 0.3) is 0 Å². The van der Waals surface area contributed by atoms with Crippen LogP contribution in [-0.2, 0) is 19.7 Å². The van der Waals surface area contributed by atoms with Gasteiger partial charge in [0.1, 0.15) is 5.60 Å². The van der Waals surface area contributed by atoms with Crippen LogP contribution in [0.4, 0.5) is 5.88 Å². The van der Waals surface area contributed by atoms with Crippen molar-refractivity contribution < 1.29 is 18.8 Å². The number of rotatable bonds is 5. The van der Waals surface area contributed by atoms with Crippen molar-refractivity contribution in [1.82, 2.24) is 10.1 Å². The molecular weight excluding hydrogens is 334 g/mol. The van der Waals surface area contributed by atoms with Gasteiger partial charge in [0.15, 0.2) is 0 Å². The first-order valence-electron chi connectivity index (χ1n) is 9.20. The molecule has 0 spiro atoms. The molecule has 1 atom stereocenters. The molecule has 0 aliphatic carbocycles.